The lowest BCUT2D eigenvalue weighted by atomic mass is 9.92. The summed E-state index contributed by atoms with van der Waals surface area (Å²) in [6.45, 7) is 10.2. The fourth-order valence-corrected chi connectivity index (χ4v) is 0.990. The fourth-order valence-electron chi connectivity index (χ4n) is 0.990. The van der Waals surface area contributed by atoms with E-state index in [4.69, 9.17) is 0 Å². The lowest BCUT2D eigenvalue weighted by Gasteiger charge is -2.27. The Bertz CT molecular complexity index is 198. The van der Waals surface area contributed by atoms with E-state index in [1.165, 1.54) is 0 Å². The van der Waals surface area contributed by atoms with Gasteiger partial charge in [-0.3, -0.25) is 4.79 Å². The van der Waals surface area contributed by atoms with Crippen LogP contribution in [0.2, 0.25) is 0 Å². The van der Waals surface area contributed by atoms with Gasteiger partial charge in [-0.2, -0.15) is 0 Å². The molecule has 0 saturated carbocycles. The van der Waals surface area contributed by atoms with Gasteiger partial charge in [-0.1, -0.05) is 27.7 Å². The summed E-state index contributed by atoms with van der Waals surface area (Å²) in [5.41, 5.74) is -0.812. The molecular formula is C12H25NO2. The molecule has 0 aromatic heterocycles. The van der Waals surface area contributed by atoms with Crippen LogP contribution < -0.4 is 5.32 Å². The van der Waals surface area contributed by atoms with Crippen LogP contribution in [0.3, 0.4) is 0 Å². The van der Waals surface area contributed by atoms with Gasteiger partial charge in [0.05, 0.1) is 5.60 Å². The number of carbonyl (C=O) groups is 1. The number of carbonyl (C=O) groups excluding carboxylic acids is 1. The monoisotopic (exact) mass is 215 g/mol. The van der Waals surface area contributed by atoms with Gasteiger partial charge in [0, 0.05) is 13.0 Å². The molecule has 1 amide bonds. The van der Waals surface area contributed by atoms with Gasteiger partial charge in [0.25, 0.3) is 0 Å². The molecule has 90 valence electrons. The van der Waals surface area contributed by atoms with Gasteiger partial charge in [0.2, 0.25) is 5.91 Å². The molecule has 0 heterocycles. The number of nitrogens with one attached hydrogen (secondary N) is 1. The Kier molecular flexibility index (Phi) is 5.88. The molecule has 1 unspecified atom stereocenters. The van der Waals surface area contributed by atoms with E-state index in [0.717, 1.165) is 6.42 Å². The van der Waals surface area contributed by atoms with Crippen LogP contribution >= 0.6 is 0 Å². The van der Waals surface area contributed by atoms with Crippen LogP contribution in [0.4, 0.5) is 0 Å². The Labute approximate surface area is 93.3 Å². The van der Waals surface area contributed by atoms with Crippen molar-refractivity contribution in [2.75, 3.05) is 6.54 Å². The van der Waals surface area contributed by atoms with Crippen LogP contribution in [0.25, 0.3) is 0 Å². The molecule has 0 saturated heterocycles. The smallest absolute Gasteiger partial charge is 0.220 e. The van der Waals surface area contributed by atoms with Gasteiger partial charge in [0.15, 0.2) is 0 Å². The second-order valence-electron chi connectivity index (χ2n) is 5.22. The summed E-state index contributed by atoms with van der Waals surface area (Å²) >= 11 is 0. The predicted molar refractivity (Wildman–Crippen MR) is 62.5 cm³/mol. The van der Waals surface area contributed by atoms with Crippen molar-refractivity contribution in [3.8, 4) is 0 Å². The molecule has 0 aliphatic heterocycles. The van der Waals surface area contributed by atoms with Crippen LogP contribution in [-0.2, 0) is 4.79 Å². The second-order valence-corrected chi connectivity index (χ2v) is 5.22. The first-order chi connectivity index (χ1) is 6.75. The van der Waals surface area contributed by atoms with E-state index < -0.39 is 5.60 Å². The summed E-state index contributed by atoms with van der Waals surface area (Å²) < 4.78 is 0. The largest absolute Gasteiger partial charge is 0.388 e. The Morgan fingerprint density at radius 3 is 2.27 bits per heavy atom. The van der Waals surface area contributed by atoms with Crippen LogP contribution in [-0.4, -0.2) is 23.2 Å². The van der Waals surface area contributed by atoms with Crippen molar-refractivity contribution in [3.63, 3.8) is 0 Å². The zero-order valence-electron chi connectivity index (χ0n) is 10.6. The first-order valence-electron chi connectivity index (χ1n) is 5.74. The lowest BCUT2D eigenvalue weighted by Crippen LogP contribution is -2.44. The molecule has 0 aromatic carbocycles. The second kappa shape index (κ2) is 6.11. The number of hydrogen-bond acceptors (Lipinski definition) is 2. The van der Waals surface area contributed by atoms with Gasteiger partial charge >= 0.3 is 0 Å². The maximum Gasteiger partial charge on any atom is 0.220 e. The molecule has 1 atom stereocenters. The molecular weight excluding hydrogens is 190 g/mol. The molecule has 0 spiro atoms. The predicted octanol–water partition coefficient (Wildman–Crippen LogP) is 1.95. The van der Waals surface area contributed by atoms with Gasteiger partial charge in [-0.05, 0) is 25.2 Å². The normalized spacial score (nSPS) is 15.5. The van der Waals surface area contributed by atoms with Crippen molar-refractivity contribution in [2.45, 2.75) is 53.1 Å². The molecule has 3 nitrogen and oxygen atoms in total. The van der Waals surface area contributed by atoms with E-state index >= 15 is 0 Å². The highest BCUT2D eigenvalue weighted by atomic mass is 16.3. The minimum atomic E-state index is -0.812. The number of amides is 1. The summed E-state index contributed by atoms with van der Waals surface area (Å²) in [5.74, 6) is 0.717. The van der Waals surface area contributed by atoms with Crippen molar-refractivity contribution in [1.29, 1.82) is 0 Å². The minimum Gasteiger partial charge on any atom is -0.388 e. The SMILES string of the molecule is CC(C)CCC(=O)NCC(C)(O)C(C)C. The Morgan fingerprint density at radius 1 is 1.33 bits per heavy atom. The quantitative estimate of drug-likeness (QED) is 0.711. The zero-order valence-corrected chi connectivity index (χ0v) is 10.6. The first kappa shape index (κ1) is 14.4. The summed E-state index contributed by atoms with van der Waals surface area (Å²) in [7, 11) is 0. The highest BCUT2D eigenvalue weighted by Gasteiger charge is 2.25. The van der Waals surface area contributed by atoms with Crippen LogP contribution in [0.5, 0.6) is 0 Å². The van der Waals surface area contributed by atoms with E-state index in [9.17, 15) is 9.90 Å². The highest BCUT2D eigenvalue weighted by molar-refractivity contribution is 5.75. The van der Waals surface area contributed by atoms with Gasteiger partial charge in [-0.15, -0.1) is 0 Å². The van der Waals surface area contributed by atoms with Crippen molar-refractivity contribution >= 4 is 5.91 Å². The standard InChI is InChI=1S/C12H25NO2/c1-9(2)6-7-11(14)13-8-12(5,15)10(3)4/h9-10,15H,6-8H2,1-5H3,(H,13,14). The first-order valence-corrected chi connectivity index (χ1v) is 5.74. The average Bonchev–Trinajstić information content (AvgIpc) is 2.11. The Balaban J connectivity index is 3.80. The van der Waals surface area contributed by atoms with Crippen LogP contribution in [0.1, 0.15) is 47.5 Å². The van der Waals surface area contributed by atoms with E-state index in [-0.39, 0.29) is 11.8 Å². The van der Waals surface area contributed by atoms with E-state index in [2.05, 4.69) is 19.2 Å². The van der Waals surface area contributed by atoms with Crippen molar-refractivity contribution in [1.82, 2.24) is 5.32 Å². The van der Waals surface area contributed by atoms with Gasteiger partial charge in [-0.25, -0.2) is 0 Å². The molecule has 0 fully saturated rings. The van der Waals surface area contributed by atoms with Crippen molar-refractivity contribution in [3.05, 3.63) is 0 Å². The third-order valence-corrected chi connectivity index (χ3v) is 2.84. The molecule has 3 heteroatoms. The topological polar surface area (TPSA) is 49.3 Å². The third-order valence-electron chi connectivity index (χ3n) is 2.84. The summed E-state index contributed by atoms with van der Waals surface area (Å²) in [6, 6.07) is 0. The lowest BCUT2D eigenvalue weighted by molar-refractivity contribution is -0.122. The summed E-state index contributed by atoms with van der Waals surface area (Å²) in [6.07, 6.45) is 1.45. The molecule has 0 aliphatic carbocycles. The van der Waals surface area contributed by atoms with Gasteiger partial charge in [0.1, 0.15) is 0 Å². The molecule has 0 radical (unpaired) electrons. The van der Waals surface area contributed by atoms with Crippen molar-refractivity contribution in [2.24, 2.45) is 11.8 Å². The van der Waals surface area contributed by atoms with Gasteiger partial charge < -0.3 is 10.4 Å². The third kappa shape index (κ3) is 6.50. The summed E-state index contributed by atoms with van der Waals surface area (Å²) in [4.78, 5) is 11.4. The number of hydrogen-bond donors (Lipinski definition) is 2. The fraction of sp³-hybridized carbons (Fsp3) is 0.917. The van der Waals surface area contributed by atoms with Crippen LogP contribution in [0, 0.1) is 11.8 Å². The zero-order chi connectivity index (χ0) is 12.1. The minimum absolute atomic E-state index is 0.0321. The molecule has 0 bridgehead atoms. The Morgan fingerprint density at radius 2 is 1.87 bits per heavy atom. The maximum atomic E-state index is 11.4. The Hall–Kier alpha value is -0.570. The summed E-state index contributed by atoms with van der Waals surface area (Å²) in [5, 5.41) is 12.7. The molecule has 0 aromatic rings. The molecule has 15 heavy (non-hydrogen) atoms. The average molecular weight is 215 g/mol. The maximum absolute atomic E-state index is 11.4. The van der Waals surface area contributed by atoms with E-state index in [1.54, 1.807) is 6.92 Å². The number of aliphatic hydroxyl groups is 1. The van der Waals surface area contributed by atoms with Crippen molar-refractivity contribution < 1.29 is 9.90 Å². The number of rotatable bonds is 6. The molecule has 2 N–H and O–H groups in total. The van der Waals surface area contributed by atoms with E-state index in [1.807, 2.05) is 13.8 Å². The molecule has 0 aliphatic rings. The van der Waals surface area contributed by atoms with Crippen LogP contribution in [0.15, 0.2) is 0 Å². The highest BCUT2D eigenvalue weighted by Crippen LogP contribution is 2.14. The molecule has 0 rings (SSSR count). The van der Waals surface area contributed by atoms with E-state index in [0.29, 0.717) is 18.9 Å².